The van der Waals surface area contributed by atoms with Gasteiger partial charge in [0, 0.05) is 38.8 Å². The third-order valence-corrected chi connectivity index (χ3v) is 4.43. The molecule has 1 aliphatic rings. The van der Waals surface area contributed by atoms with Gasteiger partial charge < -0.3 is 20.3 Å². The number of benzene rings is 1. The fourth-order valence-electron chi connectivity index (χ4n) is 2.80. The molecule has 0 radical (unpaired) electrons. The highest BCUT2D eigenvalue weighted by molar-refractivity contribution is 14.0. The van der Waals surface area contributed by atoms with Gasteiger partial charge in [-0.05, 0) is 33.0 Å². The van der Waals surface area contributed by atoms with Crippen molar-refractivity contribution < 1.29 is 4.74 Å². The van der Waals surface area contributed by atoms with Gasteiger partial charge in [0.1, 0.15) is 12.4 Å². The molecule has 0 amide bonds. The number of hydrogen-bond donors (Lipinski definition) is 2. The molecular weight excluding hydrogens is 441 g/mol. The van der Waals surface area contributed by atoms with E-state index in [-0.39, 0.29) is 24.0 Å². The van der Waals surface area contributed by atoms with Gasteiger partial charge >= 0.3 is 0 Å². The number of piperazine rings is 1. The van der Waals surface area contributed by atoms with Crippen LogP contribution in [0.25, 0.3) is 0 Å². The molecular formula is C19H34IN5O. The summed E-state index contributed by atoms with van der Waals surface area (Å²) >= 11 is 0. The maximum absolute atomic E-state index is 5.71. The first-order chi connectivity index (χ1) is 12.2. The highest BCUT2D eigenvalue weighted by Crippen LogP contribution is 2.07. The minimum absolute atomic E-state index is 0. The standard InChI is InChI=1S/C19H33N5O.HI/c1-4-20-19(21-10-15-25-18-8-6-5-7-9-18)22-16-17(2)24-13-11-23(3)12-14-24;/h5-9,17H,4,10-16H2,1-3H3,(H2,20,21,22);1H. The average molecular weight is 475 g/mol. The van der Waals surface area contributed by atoms with Crippen molar-refractivity contribution in [2.45, 2.75) is 19.9 Å². The average Bonchev–Trinajstić information content (AvgIpc) is 2.64. The number of para-hydroxylation sites is 1. The minimum Gasteiger partial charge on any atom is -0.492 e. The molecule has 148 valence electrons. The smallest absolute Gasteiger partial charge is 0.191 e. The SMILES string of the molecule is CCNC(=NCC(C)N1CCN(C)CC1)NCCOc1ccccc1.I. The number of hydrogen-bond acceptors (Lipinski definition) is 4. The number of aliphatic imine (C=N–C) groups is 1. The Labute approximate surface area is 175 Å². The molecule has 0 saturated carbocycles. The van der Waals surface area contributed by atoms with Crippen LogP contribution in [0.5, 0.6) is 5.75 Å². The van der Waals surface area contributed by atoms with Crippen LogP contribution in [-0.2, 0) is 0 Å². The quantitative estimate of drug-likeness (QED) is 0.260. The van der Waals surface area contributed by atoms with E-state index < -0.39 is 0 Å². The minimum atomic E-state index is 0. The summed E-state index contributed by atoms with van der Waals surface area (Å²) in [6, 6.07) is 10.4. The summed E-state index contributed by atoms with van der Waals surface area (Å²) in [6.45, 7) is 11.9. The van der Waals surface area contributed by atoms with Crippen LogP contribution in [-0.4, -0.2) is 81.3 Å². The summed E-state index contributed by atoms with van der Waals surface area (Å²) in [5, 5.41) is 6.65. The second-order valence-corrected chi connectivity index (χ2v) is 6.50. The molecule has 1 atom stereocenters. The molecule has 0 aliphatic carbocycles. The zero-order chi connectivity index (χ0) is 17.9. The van der Waals surface area contributed by atoms with Gasteiger partial charge in [0.05, 0.1) is 13.1 Å². The molecule has 6 nitrogen and oxygen atoms in total. The van der Waals surface area contributed by atoms with Gasteiger partial charge in [-0.15, -0.1) is 24.0 Å². The number of rotatable bonds is 8. The van der Waals surface area contributed by atoms with Gasteiger partial charge in [-0.3, -0.25) is 9.89 Å². The van der Waals surface area contributed by atoms with Crippen molar-refractivity contribution in [3.63, 3.8) is 0 Å². The predicted octanol–water partition coefficient (Wildman–Crippen LogP) is 1.87. The zero-order valence-corrected chi connectivity index (χ0v) is 18.6. The maximum Gasteiger partial charge on any atom is 0.191 e. The molecule has 26 heavy (non-hydrogen) atoms. The van der Waals surface area contributed by atoms with Crippen LogP contribution in [0.4, 0.5) is 0 Å². The van der Waals surface area contributed by atoms with E-state index >= 15 is 0 Å². The lowest BCUT2D eigenvalue weighted by Gasteiger charge is -2.35. The Bertz CT molecular complexity index is 506. The van der Waals surface area contributed by atoms with Crippen molar-refractivity contribution in [3.8, 4) is 5.75 Å². The van der Waals surface area contributed by atoms with Crippen LogP contribution in [0.1, 0.15) is 13.8 Å². The monoisotopic (exact) mass is 475 g/mol. The van der Waals surface area contributed by atoms with E-state index in [2.05, 4.69) is 41.3 Å². The lowest BCUT2D eigenvalue weighted by Crippen LogP contribution is -2.49. The number of nitrogens with one attached hydrogen (secondary N) is 2. The Morgan fingerprint density at radius 1 is 1.15 bits per heavy atom. The molecule has 2 N–H and O–H groups in total. The lowest BCUT2D eigenvalue weighted by atomic mass is 10.2. The van der Waals surface area contributed by atoms with E-state index in [9.17, 15) is 0 Å². The second kappa shape index (κ2) is 13.2. The van der Waals surface area contributed by atoms with Crippen molar-refractivity contribution in [2.75, 3.05) is 59.5 Å². The van der Waals surface area contributed by atoms with Gasteiger partial charge in [0.25, 0.3) is 0 Å². The third kappa shape index (κ3) is 8.55. The first-order valence-corrected chi connectivity index (χ1v) is 9.31. The van der Waals surface area contributed by atoms with Crippen LogP contribution in [0.15, 0.2) is 35.3 Å². The normalized spacial score (nSPS) is 17.3. The van der Waals surface area contributed by atoms with E-state index in [1.807, 2.05) is 30.3 Å². The summed E-state index contributed by atoms with van der Waals surface area (Å²) in [7, 11) is 2.19. The van der Waals surface area contributed by atoms with E-state index in [1.54, 1.807) is 0 Å². The molecule has 1 unspecified atom stereocenters. The van der Waals surface area contributed by atoms with Gasteiger partial charge in [0.2, 0.25) is 0 Å². The van der Waals surface area contributed by atoms with Crippen molar-refractivity contribution in [1.29, 1.82) is 0 Å². The topological polar surface area (TPSA) is 52.1 Å². The summed E-state index contributed by atoms with van der Waals surface area (Å²) in [6.07, 6.45) is 0. The number of nitrogens with zero attached hydrogens (tertiary/aromatic N) is 3. The van der Waals surface area contributed by atoms with Gasteiger partial charge in [-0.25, -0.2) is 0 Å². The van der Waals surface area contributed by atoms with E-state index in [1.165, 1.54) is 0 Å². The number of guanidine groups is 1. The van der Waals surface area contributed by atoms with Crippen molar-refractivity contribution >= 4 is 29.9 Å². The van der Waals surface area contributed by atoms with E-state index in [4.69, 9.17) is 9.73 Å². The molecule has 1 saturated heterocycles. The van der Waals surface area contributed by atoms with Gasteiger partial charge in [-0.1, -0.05) is 18.2 Å². The van der Waals surface area contributed by atoms with Crippen molar-refractivity contribution in [2.24, 2.45) is 4.99 Å². The van der Waals surface area contributed by atoms with Crippen LogP contribution >= 0.6 is 24.0 Å². The Hall–Kier alpha value is -1.06. The Kier molecular flexibility index (Phi) is 11.6. The third-order valence-electron chi connectivity index (χ3n) is 4.43. The zero-order valence-electron chi connectivity index (χ0n) is 16.3. The second-order valence-electron chi connectivity index (χ2n) is 6.50. The molecule has 7 heteroatoms. The summed E-state index contributed by atoms with van der Waals surface area (Å²) < 4.78 is 5.71. The fraction of sp³-hybridized carbons (Fsp3) is 0.632. The molecule has 2 rings (SSSR count). The maximum atomic E-state index is 5.71. The number of halogens is 1. The van der Waals surface area contributed by atoms with E-state index in [0.29, 0.717) is 12.6 Å². The fourth-order valence-corrected chi connectivity index (χ4v) is 2.80. The predicted molar refractivity (Wildman–Crippen MR) is 120 cm³/mol. The molecule has 0 bridgehead atoms. The van der Waals surface area contributed by atoms with E-state index in [0.717, 1.165) is 57.5 Å². The summed E-state index contributed by atoms with van der Waals surface area (Å²) in [5.74, 6) is 1.76. The molecule has 1 fully saturated rings. The number of ether oxygens (including phenoxy) is 1. The molecule has 0 aromatic heterocycles. The largest absolute Gasteiger partial charge is 0.492 e. The Balaban J connectivity index is 0.00000338. The summed E-state index contributed by atoms with van der Waals surface area (Å²) in [5.41, 5.74) is 0. The lowest BCUT2D eigenvalue weighted by molar-refractivity contribution is 0.122. The summed E-state index contributed by atoms with van der Waals surface area (Å²) in [4.78, 5) is 9.63. The van der Waals surface area contributed by atoms with Gasteiger partial charge in [-0.2, -0.15) is 0 Å². The van der Waals surface area contributed by atoms with Crippen LogP contribution < -0.4 is 15.4 Å². The van der Waals surface area contributed by atoms with Crippen LogP contribution in [0, 0.1) is 0 Å². The highest BCUT2D eigenvalue weighted by atomic mass is 127. The van der Waals surface area contributed by atoms with Crippen molar-refractivity contribution in [3.05, 3.63) is 30.3 Å². The first kappa shape index (κ1) is 23.0. The highest BCUT2D eigenvalue weighted by Gasteiger charge is 2.18. The van der Waals surface area contributed by atoms with Crippen LogP contribution in [0.2, 0.25) is 0 Å². The molecule has 1 aliphatic heterocycles. The number of likely N-dealkylation sites (N-methyl/N-ethyl adjacent to an activating group) is 1. The van der Waals surface area contributed by atoms with Gasteiger partial charge in [0.15, 0.2) is 5.96 Å². The molecule has 1 aromatic carbocycles. The molecule has 1 heterocycles. The van der Waals surface area contributed by atoms with Crippen LogP contribution in [0.3, 0.4) is 0 Å². The van der Waals surface area contributed by atoms with Crippen molar-refractivity contribution in [1.82, 2.24) is 20.4 Å². The Morgan fingerprint density at radius 2 is 1.85 bits per heavy atom. The molecule has 1 aromatic rings. The Morgan fingerprint density at radius 3 is 2.50 bits per heavy atom. The first-order valence-electron chi connectivity index (χ1n) is 9.31. The molecule has 0 spiro atoms.